The smallest absolute Gasteiger partial charge is 0.161 e. The van der Waals surface area contributed by atoms with E-state index in [0.717, 1.165) is 18.0 Å². The minimum absolute atomic E-state index is 0.527. The fraction of sp³-hybridized carbons (Fsp3) is 0.625. The van der Waals surface area contributed by atoms with Gasteiger partial charge in [-0.15, -0.1) is 0 Å². The molecule has 1 saturated heterocycles. The molecule has 0 spiro atoms. The van der Waals surface area contributed by atoms with Crippen molar-refractivity contribution in [3.63, 3.8) is 0 Å². The predicted octanol–water partition coefficient (Wildman–Crippen LogP) is 2.08. The average molecular weight is 276 g/mol. The van der Waals surface area contributed by atoms with Gasteiger partial charge < -0.3 is 20.1 Å². The molecule has 1 aromatic rings. The third-order valence-corrected chi connectivity index (χ3v) is 4.06. The summed E-state index contributed by atoms with van der Waals surface area (Å²) in [4.78, 5) is 0. The molecule has 0 radical (unpaired) electrons. The van der Waals surface area contributed by atoms with Gasteiger partial charge in [-0.1, -0.05) is 6.07 Å². The molecule has 2 N–H and O–H groups in total. The molecule has 0 aliphatic carbocycles. The second-order valence-corrected chi connectivity index (χ2v) is 5.79. The van der Waals surface area contributed by atoms with Crippen LogP contribution in [0.15, 0.2) is 18.2 Å². The number of fused-ring (bicyclic) bond motifs is 1. The molecule has 4 nitrogen and oxygen atoms in total. The summed E-state index contributed by atoms with van der Waals surface area (Å²) in [5, 5.41) is 7.15. The molecule has 4 heteroatoms. The fourth-order valence-electron chi connectivity index (χ4n) is 2.96. The summed E-state index contributed by atoms with van der Waals surface area (Å²) in [6, 6.07) is 7.43. The van der Waals surface area contributed by atoms with Gasteiger partial charge in [-0.05, 0) is 50.4 Å². The van der Waals surface area contributed by atoms with Crippen LogP contribution >= 0.6 is 0 Å². The Kier molecular flexibility index (Phi) is 4.43. The summed E-state index contributed by atoms with van der Waals surface area (Å²) < 4.78 is 11.2. The van der Waals surface area contributed by atoms with E-state index in [2.05, 4.69) is 29.7 Å². The molecule has 0 amide bonds. The van der Waals surface area contributed by atoms with Crippen LogP contribution in [0.3, 0.4) is 0 Å². The largest absolute Gasteiger partial charge is 0.486 e. The molecule has 110 valence electrons. The highest BCUT2D eigenvalue weighted by Crippen LogP contribution is 2.30. The van der Waals surface area contributed by atoms with Gasteiger partial charge in [0.25, 0.3) is 0 Å². The van der Waals surface area contributed by atoms with E-state index < -0.39 is 0 Å². The zero-order valence-electron chi connectivity index (χ0n) is 12.2. The maximum Gasteiger partial charge on any atom is 0.161 e. The van der Waals surface area contributed by atoms with Crippen LogP contribution in [0.5, 0.6) is 11.5 Å². The summed E-state index contributed by atoms with van der Waals surface area (Å²) >= 11 is 0. The van der Waals surface area contributed by atoms with Crippen molar-refractivity contribution in [2.75, 3.05) is 19.8 Å². The van der Waals surface area contributed by atoms with Gasteiger partial charge in [-0.25, -0.2) is 0 Å². The molecule has 0 aromatic heterocycles. The number of ether oxygens (including phenoxy) is 2. The average Bonchev–Trinajstić information content (AvgIpc) is 2.98. The minimum Gasteiger partial charge on any atom is -0.486 e. The Balaban J connectivity index is 1.50. The molecule has 0 bridgehead atoms. The van der Waals surface area contributed by atoms with Crippen molar-refractivity contribution < 1.29 is 9.47 Å². The molecular formula is C16H24N2O2. The van der Waals surface area contributed by atoms with Crippen molar-refractivity contribution >= 4 is 0 Å². The van der Waals surface area contributed by atoms with E-state index in [1.807, 2.05) is 6.07 Å². The number of rotatable bonds is 5. The third kappa shape index (κ3) is 3.44. The van der Waals surface area contributed by atoms with Gasteiger partial charge in [0.15, 0.2) is 11.5 Å². The summed E-state index contributed by atoms with van der Waals surface area (Å²) in [7, 11) is 0. The van der Waals surface area contributed by atoms with Crippen LogP contribution in [0.25, 0.3) is 0 Å². The quantitative estimate of drug-likeness (QED) is 0.864. The van der Waals surface area contributed by atoms with Gasteiger partial charge >= 0.3 is 0 Å². The lowest BCUT2D eigenvalue weighted by molar-refractivity contribution is 0.171. The lowest BCUT2D eigenvalue weighted by atomic mass is 10.1. The standard InChI is InChI=1S/C16H24N2O2/c1-12(9-14-3-2-6-17-14)18-11-13-4-5-15-16(10-13)20-8-7-19-15/h4-5,10,12,14,17-18H,2-3,6-9,11H2,1H3. The van der Waals surface area contributed by atoms with Crippen LogP contribution in [0.4, 0.5) is 0 Å². The molecule has 0 saturated carbocycles. The Morgan fingerprint density at radius 1 is 1.30 bits per heavy atom. The summed E-state index contributed by atoms with van der Waals surface area (Å²) in [5.41, 5.74) is 1.25. The van der Waals surface area contributed by atoms with Gasteiger partial charge in [-0.3, -0.25) is 0 Å². The fourth-order valence-corrected chi connectivity index (χ4v) is 2.96. The van der Waals surface area contributed by atoms with Gasteiger partial charge in [0, 0.05) is 18.6 Å². The molecule has 2 unspecified atom stereocenters. The first-order valence-corrected chi connectivity index (χ1v) is 7.66. The number of hydrogen-bond acceptors (Lipinski definition) is 4. The van der Waals surface area contributed by atoms with Crippen LogP contribution < -0.4 is 20.1 Å². The highest BCUT2D eigenvalue weighted by Gasteiger charge is 2.17. The Hall–Kier alpha value is -1.26. The second kappa shape index (κ2) is 6.46. The van der Waals surface area contributed by atoms with E-state index in [4.69, 9.17) is 9.47 Å². The van der Waals surface area contributed by atoms with E-state index in [-0.39, 0.29) is 0 Å². The number of nitrogens with one attached hydrogen (secondary N) is 2. The summed E-state index contributed by atoms with van der Waals surface area (Å²) in [5.74, 6) is 1.74. The Morgan fingerprint density at radius 2 is 2.15 bits per heavy atom. The van der Waals surface area contributed by atoms with Crippen molar-refractivity contribution in [3.8, 4) is 11.5 Å². The van der Waals surface area contributed by atoms with E-state index in [1.54, 1.807) is 0 Å². The molecule has 2 atom stereocenters. The first-order valence-electron chi connectivity index (χ1n) is 7.66. The van der Waals surface area contributed by atoms with Crippen LogP contribution in [0.1, 0.15) is 31.7 Å². The lowest BCUT2D eigenvalue weighted by Gasteiger charge is -2.20. The minimum atomic E-state index is 0.527. The first kappa shape index (κ1) is 13.7. The third-order valence-electron chi connectivity index (χ3n) is 4.06. The van der Waals surface area contributed by atoms with Crippen molar-refractivity contribution in [1.29, 1.82) is 0 Å². The molecular weight excluding hydrogens is 252 g/mol. The molecule has 2 heterocycles. The molecule has 1 aromatic carbocycles. The van der Waals surface area contributed by atoms with Gasteiger partial charge in [0.2, 0.25) is 0 Å². The molecule has 2 aliphatic rings. The molecule has 3 rings (SSSR count). The first-order chi connectivity index (χ1) is 9.81. The topological polar surface area (TPSA) is 42.5 Å². The van der Waals surface area contributed by atoms with Crippen LogP contribution in [0, 0.1) is 0 Å². The van der Waals surface area contributed by atoms with E-state index in [1.165, 1.54) is 31.4 Å². The van der Waals surface area contributed by atoms with Crippen molar-refractivity contribution in [1.82, 2.24) is 10.6 Å². The Bertz CT molecular complexity index is 444. The summed E-state index contributed by atoms with van der Waals surface area (Å²) in [6.45, 7) is 5.62. The zero-order chi connectivity index (χ0) is 13.8. The monoisotopic (exact) mass is 276 g/mol. The van der Waals surface area contributed by atoms with Gasteiger partial charge in [0.1, 0.15) is 13.2 Å². The highest BCUT2D eigenvalue weighted by molar-refractivity contribution is 5.43. The second-order valence-electron chi connectivity index (χ2n) is 5.79. The predicted molar refractivity (Wildman–Crippen MR) is 79.4 cm³/mol. The molecule has 2 aliphatic heterocycles. The Morgan fingerprint density at radius 3 is 2.95 bits per heavy atom. The Labute approximate surface area is 120 Å². The van der Waals surface area contributed by atoms with Gasteiger partial charge in [0.05, 0.1) is 0 Å². The van der Waals surface area contributed by atoms with Crippen LogP contribution in [0.2, 0.25) is 0 Å². The van der Waals surface area contributed by atoms with Crippen molar-refractivity contribution in [3.05, 3.63) is 23.8 Å². The van der Waals surface area contributed by atoms with Crippen LogP contribution in [-0.2, 0) is 6.54 Å². The molecule has 20 heavy (non-hydrogen) atoms. The maximum absolute atomic E-state index is 5.62. The van der Waals surface area contributed by atoms with Gasteiger partial charge in [-0.2, -0.15) is 0 Å². The summed E-state index contributed by atoms with van der Waals surface area (Å²) in [6.07, 6.45) is 3.83. The lowest BCUT2D eigenvalue weighted by Crippen LogP contribution is -2.33. The zero-order valence-corrected chi connectivity index (χ0v) is 12.2. The normalized spacial score (nSPS) is 22.8. The SMILES string of the molecule is CC(CC1CCCN1)NCc1ccc2c(c1)OCCO2. The van der Waals surface area contributed by atoms with E-state index in [9.17, 15) is 0 Å². The van der Waals surface area contributed by atoms with Crippen molar-refractivity contribution in [2.24, 2.45) is 0 Å². The van der Waals surface area contributed by atoms with Crippen LogP contribution in [-0.4, -0.2) is 31.8 Å². The number of hydrogen-bond donors (Lipinski definition) is 2. The highest BCUT2D eigenvalue weighted by atomic mass is 16.6. The molecule has 1 fully saturated rings. The maximum atomic E-state index is 5.62. The van der Waals surface area contributed by atoms with Crippen molar-refractivity contribution in [2.45, 2.75) is 44.8 Å². The number of benzene rings is 1. The van der Waals surface area contributed by atoms with E-state index in [0.29, 0.717) is 25.3 Å². The van der Waals surface area contributed by atoms with E-state index >= 15 is 0 Å².